The van der Waals surface area contributed by atoms with Crippen LogP contribution in [0.1, 0.15) is 59.9 Å². The molecule has 2 aliphatic carbocycles. The smallest absolute Gasteiger partial charge is 0.410 e. The van der Waals surface area contributed by atoms with E-state index < -0.39 is 41.2 Å². The van der Waals surface area contributed by atoms with Gasteiger partial charge >= 0.3 is 18.1 Å². The zero-order chi connectivity index (χ0) is 35.7. The van der Waals surface area contributed by atoms with Crippen LogP contribution in [0.2, 0.25) is 0 Å². The lowest BCUT2D eigenvalue weighted by atomic mass is 9.88. The molecule has 0 saturated heterocycles. The SMILES string of the molecule is CC(=O)OCC(C)(C)C(=O)CN1C(=O)[C@H](NC(=O)NC2=CC=CC(N(C)C(=O)OC(C)(C)C)C2)N=C(C2=CC3CC3C=N2)c2ccccc21. The number of nitrogens with zero attached hydrogens (tertiary/aromatic N) is 4. The maximum absolute atomic E-state index is 14.3. The Morgan fingerprint density at radius 3 is 2.51 bits per heavy atom. The summed E-state index contributed by atoms with van der Waals surface area (Å²) in [5.41, 5.74) is 0.773. The molecule has 1 fully saturated rings. The number of carbonyl (C=O) groups is 5. The third-order valence-electron chi connectivity index (χ3n) is 8.59. The molecule has 1 saturated carbocycles. The number of esters is 1. The first-order chi connectivity index (χ1) is 23.0. The first-order valence-electron chi connectivity index (χ1n) is 16.3. The van der Waals surface area contributed by atoms with E-state index in [9.17, 15) is 24.0 Å². The quantitative estimate of drug-likeness (QED) is 0.370. The van der Waals surface area contributed by atoms with E-state index >= 15 is 0 Å². The van der Waals surface area contributed by atoms with Gasteiger partial charge in [0.2, 0.25) is 6.17 Å². The molecule has 4 amide bonds. The third kappa shape index (κ3) is 8.51. The monoisotopic (exact) mass is 672 g/mol. The Morgan fingerprint density at radius 1 is 1.08 bits per heavy atom. The van der Waals surface area contributed by atoms with Gasteiger partial charge in [-0.15, -0.1) is 0 Å². The van der Waals surface area contributed by atoms with E-state index in [4.69, 9.17) is 14.5 Å². The molecular formula is C36H44N6O7. The van der Waals surface area contributed by atoms with Crippen molar-refractivity contribution in [2.24, 2.45) is 27.2 Å². The van der Waals surface area contributed by atoms with Crippen LogP contribution in [0.3, 0.4) is 0 Å². The number of allylic oxidation sites excluding steroid dienone is 4. The van der Waals surface area contributed by atoms with Crippen LogP contribution < -0.4 is 15.5 Å². The van der Waals surface area contributed by atoms with Crippen molar-refractivity contribution in [3.63, 3.8) is 0 Å². The number of Topliss-reactive ketones (excluding diaryl/α,β-unsaturated/α-hetero) is 1. The van der Waals surface area contributed by atoms with E-state index in [-0.39, 0.29) is 25.0 Å². The van der Waals surface area contributed by atoms with Crippen LogP contribution in [0, 0.1) is 17.3 Å². The van der Waals surface area contributed by atoms with E-state index in [2.05, 4.69) is 15.6 Å². The van der Waals surface area contributed by atoms with Gasteiger partial charge in [0, 0.05) is 43.8 Å². The van der Waals surface area contributed by atoms with Crippen LogP contribution in [-0.4, -0.2) is 84.6 Å². The minimum Gasteiger partial charge on any atom is -0.465 e. The number of hydrogen-bond donors (Lipinski definition) is 2. The molecule has 0 radical (unpaired) electrons. The van der Waals surface area contributed by atoms with Crippen molar-refractivity contribution < 1.29 is 33.4 Å². The lowest BCUT2D eigenvalue weighted by Crippen LogP contribution is -2.52. The van der Waals surface area contributed by atoms with Crippen molar-refractivity contribution in [2.75, 3.05) is 25.1 Å². The molecule has 260 valence electrons. The summed E-state index contributed by atoms with van der Waals surface area (Å²) in [5.74, 6) is -0.779. The first kappa shape index (κ1) is 35.2. The number of anilines is 1. The van der Waals surface area contributed by atoms with Gasteiger partial charge in [-0.1, -0.05) is 36.4 Å². The summed E-state index contributed by atoms with van der Waals surface area (Å²) < 4.78 is 10.6. The molecule has 2 N–H and O–H groups in total. The van der Waals surface area contributed by atoms with Crippen LogP contribution in [0.4, 0.5) is 15.3 Å². The van der Waals surface area contributed by atoms with Gasteiger partial charge in [0.15, 0.2) is 5.78 Å². The van der Waals surface area contributed by atoms with Gasteiger partial charge in [-0.3, -0.25) is 19.4 Å². The van der Waals surface area contributed by atoms with Gasteiger partial charge < -0.3 is 29.9 Å². The standard InChI is InChI=1S/C36H44N6O7/c1-21(43)48-20-36(5,6)29(44)19-42-28-14-9-8-13-26(28)30(27-16-22-15-23(22)18-37-27)39-31(32(42)45)40-33(46)38-24-11-10-12-25(17-24)41(7)34(47)49-35(2,3)4/h8-14,16,18,22-23,25,31H,15,17,19-20H2,1-7H3,(H2,38,40,46)/t22?,23?,25?,31-/m0/s1. The van der Waals surface area contributed by atoms with Crippen LogP contribution in [0.5, 0.6) is 0 Å². The number of benzene rings is 1. The normalized spacial score (nSPS) is 22.7. The molecule has 0 spiro atoms. The number of benzodiazepines with no additional fused rings is 1. The number of hydrogen-bond acceptors (Lipinski definition) is 9. The van der Waals surface area contributed by atoms with Gasteiger partial charge in [-0.25, -0.2) is 14.6 Å². The van der Waals surface area contributed by atoms with Crippen molar-refractivity contribution in [3.8, 4) is 0 Å². The number of ether oxygens (including phenoxy) is 2. The van der Waals surface area contributed by atoms with Crippen molar-refractivity contribution >= 4 is 47.4 Å². The first-order valence-corrected chi connectivity index (χ1v) is 16.3. The highest BCUT2D eigenvalue weighted by atomic mass is 16.6. The molecule has 1 aromatic carbocycles. The van der Waals surface area contributed by atoms with Crippen LogP contribution >= 0.6 is 0 Å². The van der Waals surface area contributed by atoms with Gasteiger partial charge in [-0.05, 0) is 59.1 Å². The zero-order valence-corrected chi connectivity index (χ0v) is 29.0. The van der Waals surface area contributed by atoms with Crippen molar-refractivity contribution in [2.45, 2.75) is 72.2 Å². The number of urea groups is 1. The molecule has 13 heteroatoms. The average Bonchev–Trinajstić information content (AvgIpc) is 3.83. The van der Waals surface area contributed by atoms with Crippen LogP contribution in [0.25, 0.3) is 0 Å². The molecule has 5 rings (SSSR count). The molecule has 49 heavy (non-hydrogen) atoms. The zero-order valence-electron chi connectivity index (χ0n) is 29.0. The van der Waals surface area contributed by atoms with E-state index in [1.54, 1.807) is 72.0 Å². The molecular weight excluding hydrogens is 628 g/mol. The highest BCUT2D eigenvalue weighted by molar-refractivity contribution is 6.21. The summed E-state index contributed by atoms with van der Waals surface area (Å²) in [7, 11) is 1.62. The Balaban J connectivity index is 1.40. The van der Waals surface area contributed by atoms with E-state index in [1.165, 1.54) is 16.7 Å². The fraction of sp³-hybridized carbons (Fsp3) is 0.472. The van der Waals surface area contributed by atoms with Crippen molar-refractivity contribution in [1.29, 1.82) is 0 Å². The Bertz CT molecular complexity index is 1700. The second kappa shape index (κ2) is 13.8. The number of aliphatic imine (C=N–C) groups is 2. The average molecular weight is 673 g/mol. The van der Waals surface area contributed by atoms with Crippen LogP contribution in [0.15, 0.2) is 69.9 Å². The van der Waals surface area contributed by atoms with Gasteiger partial charge in [0.1, 0.15) is 12.2 Å². The second-order valence-electron chi connectivity index (χ2n) is 14.3. The molecule has 13 nitrogen and oxygen atoms in total. The van der Waals surface area contributed by atoms with Gasteiger partial charge in [0.05, 0.1) is 35.1 Å². The summed E-state index contributed by atoms with van der Waals surface area (Å²) in [6, 6.07) is 6.02. The number of rotatable bonds is 9. The largest absolute Gasteiger partial charge is 0.465 e. The number of carbonyl (C=O) groups excluding carboxylic acids is 5. The number of ketones is 1. The molecule has 2 heterocycles. The number of nitrogens with one attached hydrogen (secondary N) is 2. The number of likely N-dealkylation sites (N-methyl/N-ethyl adjacent to an activating group) is 1. The summed E-state index contributed by atoms with van der Waals surface area (Å²) in [5, 5.41) is 5.50. The topological polar surface area (TPSA) is 159 Å². The van der Waals surface area contributed by atoms with E-state index in [0.29, 0.717) is 46.6 Å². The molecule has 4 atom stereocenters. The van der Waals surface area contributed by atoms with Gasteiger partial charge in [0.25, 0.3) is 5.91 Å². The summed E-state index contributed by atoms with van der Waals surface area (Å²) in [6.07, 6.45) is 8.56. The number of amides is 4. The lowest BCUT2D eigenvalue weighted by molar-refractivity contribution is -0.146. The molecule has 3 unspecified atom stereocenters. The maximum Gasteiger partial charge on any atom is 0.410 e. The van der Waals surface area contributed by atoms with Crippen molar-refractivity contribution in [3.05, 3.63) is 65.5 Å². The molecule has 2 aliphatic heterocycles. The maximum atomic E-state index is 14.3. The Hall–Kier alpha value is -5.07. The van der Waals surface area contributed by atoms with Crippen LogP contribution in [-0.2, 0) is 23.9 Å². The Kier molecular flexibility index (Phi) is 9.93. The van der Waals surface area contributed by atoms with E-state index in [0.717, 1.165) is 6.42 Å². The molecule has 0 aromatic heterocycles. The fourth-order valence-electron chi connectivity index (χ4n) is 5.57. The predicted molar refractivity (Wildman–Crippen MR) is 184 cm³/mol. The summed E-state index contributed by atoms with van der Waals surface area (Å²) in [4.78, 5) is 77.8. The van der Waals surface area contributed by atoms with Crippen molar-refractivity contribution in [1.82, 2.24) is 15.5 Å². The molecule has 1 aromatic rings. The minimum absolute atomic E-state index is 0.158. The number of para-hydroxylation sites is 1. The molecule has 0 bridgehead atoms. The lowest BCUT2D eigenvalue weighted by Gasteiger charge is -2.31. The minimum atomic E-state index is -1.42. The highest BCUT2D eigenvalue weighted by Crippen LogP contribution is 2.42. The summed E-state index contributed by atoms with van der Waals surface area (Å²) >= 11 is 0. The highest BCUT2D eigenvalue weighted by Gasteiger charge is 2.41. The predicted octanol–water partition coefficient (Wildman–Crippen LogP) is 4.29. The third-order valence-corrected chi connectivity index (χ3v) is 8.59. The van der Waals surface area contributed by atoms with E-state index in [1.807, 2.05) is 24.4 Å². The summed E-state index contributed by atoms with van der Waals surface area (Å²) in [6.45, 7) is 9.40. The Morgan fingerprint density at radius 2 is 1.82 bits per heavy atom. The molecule has 4 aliphatic rings. The Labute approximate surface area is 286 Å². The second-order valence-corrected chi connectivity index (χ2v) is 14.3. The number of fused-ring (bicyclic) bond motifs is 2. The van der Waals surface area contributed by atoms with Gasteiger partial charge in [-0.2, -0.15) is 0 Å². The fourth-order valence-corrected chi connectivity index (χ4v) is 5.57.